The summed E-state index contributed by atoms with van der Waals surface area (Å²) in [5.41, 5.74) is 1.48. The van der Waals surface area contributed by atoms with Crippen LogP contribution in [-0.2, 0) is 0 Å². The van der Waals surface area contributed by atoms with Crippen LogP contribution in [0.4, 0.5) is 8.78 Å². The van der Waals surface area contributed by atoms with E-state index in [1.807, 2.05) is 25.3 Å². The summed E-state index contributed by atoms with van der Waals surface area (Å²) >= 11 is 7.88. The van der Waals surface area contributed by atoms with Crippen LogP contribution < -0.4 is 26.1 Å². The van der Waals surface area contributed by atoms with Crippen molar-refractivity contribution >= 4 is 105 Å². The van der Waals surface area contributed by atoms with Gasteiger partial charge in [-0.05, 0) is 96.6 Å². The number of nitrogens with one attached hydrogen (secondary N) is 1. The van der Waals surface area contributed by atoms with Gasteiger partial charge in [0, 0.05) is 34.1 Å². The van der Waals surface area contributed by atoms with Crippen LogP contribution in [0.3, 0.4) is 0 Å². The zero-order valence-electron chi connectivity index (χ0n) is 29.2. The molecule has 0 radical (unpaired) electrons. The molecule has 0 saturated heterocycles. The fourth-order valence-corrected chi connectivity index (χ4v) is 28.0. The quantitative estimate of drug-likeness (QED) is 0.105. The van der Waals surface area contributed by atoms with E-state index in [4.69, 9.17) is 0 Å². The van der Waals surface area contributed by atoms with Crippen LogP contribution in [0.2, 0.25) is 24.2 Å². The molecule has 7 heterocycles. The third-order valence-electron chi connectivity index (χ3n) is 10.7. The Bertz CT molecular complexity index is 2350. The first-order valence-corrected chi connectivity index (χ1v) is 26.3. The molecule has 50 heavy (non-hydrogen) atoms. The van der Waals surface area contributed by atoms with E-state index in [0.29, 0.717) is 11.0 Å². The molecule has 8 rings (SSSR count). The number of rotatable bonds is 11. The van der Waals surface area contributed by atoms with Crippen molar-refractivity contribution in [2.75, 3.05) is 13.6 Å². The highest BCUT2D eigenvalue weighted by Crippen LogP contribution is 2.50. The van der Waals surface area contributed by atoms with E-state index in [9.17, 15) is 0 Å². The molecule has 258 valence electrons. The molecule has 0 spiro atoms. The van der Waals surface area contributed by atoms with Gasteiger partial charge >= 0.3 is 0 Å². The second-order valence-electron chi connectivity index (χ2n) is 13.6. The number of benzene rings is 1. The summed E-state index contributed by atoms with van der Waals surface area (Å²) < 4.78 is 43.1. The van der Waals surface area contributed by atoms with Crippen molar-refractivity contribution in [3.8, 4) is 52.2 Å². The van der Waals surface area contributed by atoms with E-state index in [1.54, 1.807) is 34.0 Å². The first kappa shape index (κ1) is 34.7. The fourth-order valence-electron chi connectivity index (χ4n) is 8.85. The lowest BCUT2D eigenvalue weighted by Crippen LogP contribution is -2.55. The van der Waals surface area contributed by atoms with Crippen LogP contribution in [0.5, 0.6) is 0 Å². The predicted octanol–water partition coefficient (Wildman–Crippen LogP) is 9.77. The number of halogens is 2. The van der Waals surface area contributed by atoms with Crippen molar-refractivity contribution < 1.29 is 8.78 Å². The Balaban J connectivity index is 1.30. The molecule has 0 saturated carbocycles. The molecule has 1 aromatic carbocycles. The van der Waals surface area contributed by atoms with Crippen LogP contribution in [0.25, 0.3) is 51.4 Å². The molecule has 1 atom stereocenters. The lowest BCUT2D eigenvalue weighted by Gasteiger charge is -2.28. The maximum atomic E-state index is 16.8. The lowest BCUT2D eigenvalue weighted by atomic mass is 10.0. The summed E-state index contributed by atoms with van der Waals surface area (Å²) in [5.74, 6) is 4.76. The normalized spacial score (nSPS) is 16.8. The van der Waals surface area contributed by atoms with Gasteiger partial charge in [-0.2, -0.15) is 8.75 Å². The molecule has 2 aliphatic rings. The molecule has 1 unspecified atom stereocenters. The van der Waals surface area contributed by atoms with E-state index < -0.39 is 27.8 Å². The van der Waals surface area contributed by atoms with Gasteiger partial charge in [-0.3, -0.25) is 0 Å². The van der Waals surface area contributed by atoms with Crippen LogP contribution in [0, 0.1) is 30.4 Å². The van der Waals surface area contributed by atoms with E-state index in [0.717, 1.165) is 76.3 Å². The molecule has 0 bridgehead atoms. The van der Waals surface area contributed by atoms with Crippen LogP contribution in [0.15, 0.2) is 24.3 Å². The average molecular weight is 792 g/mol. The number of hydrogen-bond donors (Lipinski definition) is 1. The number of thiophene rings is 4. The Morgan fingerprint density at radius 1 is 0.680 bits per heavy atom. The van der Waals surface area contributed by atoms with Gasteiger partial charge in [-0.1, -0.05) is 46.0 Å². The highest BCUT2D eigenvalue weighted by Gasteiger charge is 2.49. The van der Waals surface area contributed by atoms with E-state index >= 15 is 8.78 Å². The predicted molar refractivity (Wildman–Crippen MR) is 222 cm³/mol. The summed E-state index contributed by atoms with van der Waals surface area (Å²) in [5, 5.41) is 9.20. The van der Waals surface area contributed by atoms with Crippen LogP contribution in [0.1, 0.15) is 56.7 Å². The van der Waals surface area contributed by atoms with Gasteiger partial charge in [0.1, 0.15) is 27.2 Å². The lowest BCUT2D eigenvalue weighted by molar-refractivity contribution is 0.516. The molecule has 0 aliphatic carbocycles. The maximum absolute atomic E-state index is 16.8. The monoisotopic (exact) mass is 791 g/mol. The van der Waals surface area contributed by atoms with E-state index in [2.05, 4.69) is 77.9 Å². The minimum absolute atomic E-state index is 0.265. The first-order chi connectivity index (χ1) is 24.3. The van der Waals surface area contributed by atoms with Crippen molar-refractivity contribution in [3.05, 3.63) is 45.7 Å². The molecule has 0 fully saturated rings. The second kappa shape index (κ2) is 13.3. The summed E-state index contributed by atoms with van der Waals surface area (Å²) in [4.78, 5) is 9.06. The van der Waals surface area contributed by atoms with Gasteiger partial charge in [0.2, 0.25) is 0 Å². The van der Waals surface area contributed by atoms with Gasteiger partial charge in [-0.15, -0.1) is 51.3 Å². The Kier molecular flexibility index (Phi) is 9.20. The Labute approximate surface area is 315 Å². The average Bonchev–Trinajstić information content (AvgIpc) is 3.94. The van der Waals surface area contributed by atoms with Crippen LogP contribution in [-0.4, -0.2) is 38.5 Å². The minimum atomic E-state index is -2.09. The molecule has 1 N–H and O–H groups in total. The van der Waals surface area contributed by atoms with Crippen molar-refractivity contribution in [3.63, 3.8) is 0 Å². The number of hydrogen-bond acceptors (Lipinski definition) is 8. The molecular formula is C38H39F2N3S5Si2. The minimum Gasteiger partial charge on any atom is -0.320 e. The summed E-state index contributed by atoms with van der Waals surface area (Å²) in [6.45, 7) is 11.8. The fraction of sp³-hybridized carbons (Fsp3) is 0.368. The smallest absolute Gasteiger partial charge is 0.170 e. The van der Waals surface area contributed by atoms with Crippen molar-refractivity contribution in [1.82, 2.24) is 14.1 Å². The Morgan fingerprint density at radius 2 is 1.16 bits per heavy atom. The third kappa shape index (κ3) is 4.95. The highest BCUT2D eigenvalue weighted by atomic mass is 32.1. The molecule has 6 aromatic rings. The second-order valence-corrected chi connectivity index (χ2v) is 27.1. The number of nitrogens with zero attached hydrogens (tertiary/aromatic N) is 2. The standard InChI is InChI=1S/C38H39F2N3S5Si2/c1-7-11-22-18-26-36(45-22)38-27(49(26,13-8-2)14-9-3)19-23(47-38)29-31(39)32(40)30(34-33(29)42-48-43-34)24-20-28-37(46-24)35-25(17-21(5)44-35)50(28,15-10-4)16-12-41-6/h17-20,41H,8-10,12-16H2,1-6H3. The summed E-state index contributed by atoms with van der Waals surface area (Å²) in [7, 11) is -2.16. The van der Waals surface area contributed by atoms with Gasteiger partial charge in [0.25, 0.3) is 0 Å². The number of aromatic nitrogens is 2. The van der Waals surface area contributed by atoms with E-state index in [-0.39, 0.29) is 11.1 Å². The third-order valence-corrected chi connectivity index (χ3v) is 27.5. The van der Waals surface area contributed by atoms with Gasteiger partial charge in [-0.25, -0.2) is 8.78 Å². The molecule has 0 amide bonds. The van der Waals surface area contributed by atoms with Gasteiger partial charge in [0.05, 0.1) is 27.7 Å². The number of fused-ring (bicyclic) bond motifs is 7. The SMILES string of the molecule is CC#Cc1cc2c(s1)-c1sc(-c3c(F)c(F)c(-c4cc5c(s4)-c4sc(C)cc4[Si]5(CCC)CCNC)c4nsnc34)cc1[Si]2(CCC)CCC. The molecule has 2 aliphatic heterocycles. The molecule has 5 aromatic heterocycles. The van der Waals surface area contributed by atoms with E-state index in [1.165, 1.54) is 45.1 Å². The largest absolute Gasteiger partial charge is 0.320 e. The highest BCUT2D eigenvalue weighted by molar-refractivity contribution is 7.31. The first-order valence-electron chi connectivity index (χ1n) is 17.5. The topological polar surface area (TPSA) is 37.8 Å². The molecule has 12 heteroatoms. The number of aryl methyl sites for hydroxylation is 1. The van der Waals surface area contributed by atoms with Crippen LogP contribution >= 0.6 is 57.1 Å². The Hall–Kier alpha value is -2.35. The maximum Gasteiger partial charge on any atom is 0.170 e. The van der Waals surface area contributed by atoms with Crippen molar-refractivity contribution in [2.45, 2.75) is 78.1 Å². The Morgan fingerprint density at radius 3 is 1.68 bits per heavy atom. The van der Waals surface area contributed by atoms with Crippen molar-refractivity contribution in [1.29, 1.82) is 0 Å². The molecular weight excluding hydrogens is 753 g/mol. The summed E-state index contributed by atoms with van der Waals surface area (Å²) in [6, 6.07) is 13.7. The zero-order chi connectivity index (χ0) is 34.9. The van der Waals surface area contributed by atoms with Gasteiger partial charge in [0.15, 0.2) is 11.6 Å². The van der Waals surface area contributed by atoms with Gasteiger partial charge < -0.3 is 5.32 Å². The summed E-state index contributed by atoms with van der Waals surface area (Å²) in [6.07, 6.45) is 3.28. The van der Waals surface area contributed by atoms with Crippen molar-refractivity contribution in [2.24, 2.45) is 0 Å². The zero-order valence-corrected chi connectivity index (χ0v) is 35.2. The molecule has 3 nitrogen and oxygen atoms in total.